The number of rotatable bonds is 5. The van der Waals surface area contributed by atoms with Crippen molar-refractivity contribution in [2.45, 2.75) is 6.92 Å². The van der Waals surface area contributed by atoms with Gasteiger partial charge in [-0.05, 0) is 19.1 Å². The molecule has 1 aliphatic heterocycles. The largest absolute Gasteiger partial charge is 0.486 e. The number of amides is 1. The summed E-state index contributed by atoms with van der Waals surface area (Å²) >= 11 is 0. The SMILES string of the molecule is C=CCNc1cc(C(=O)Nc2ccc3c(c2)OCCO3)nc(C)n1. The van der Waals surface area contributed by atoms with Gasteiger partial charge in [0.2, 0.25) is 0 Å². The highest BCUT2D eigenvalue weighted by molar-refractivity contribution is 6.03. The molecule has 2 aromatic rings. The molecule has 0 atom stereocenters. The average molecular weight is 326 g/mol. The van der Waals surface area contributed by atoms with E-state index in [4.69, 9.17) is 9.47 Å². The van der Waals surface area contributed by atoms with E-state index in [1.807, 2.05) is 0 Å². The first-order valence-electron chi connectivity index (χ1n) is 7.57. The zero-order valence-electron chi connectivity index (χ0n) is 13.3. The van der Waals surface area contributed by atoms with Crippen LogP contribution in [0, 0.1) is 6.92 Å². The second kappa shape index (κ2) is 6.99. The minimum Gasteiger partial charge on any atom is -0.486 e. The predicted octanol–water partition coefficient (Wildman–Crippen LogP) is 2.41. The van der Waals surface area contributed by atoms with Crippen LogP contribution in [0.2, 0.25) is 0 Å². The second-order valence-electron chi connectivity index (χ2n) is 5.17. The summed E-state index contributed by atoms with van der Waals surface area (Å²) in [6.45, 7) is 6.95. The zero-order valence-corrected chi connectivity index (χ0v) is 13.3. The molecule has 0 saturated heterocycles. The molecule has 0 spiro atoms. The smallest absolute Gasteiger partial charge is 0.274 e. The van der Waals surface area contributed by atoms with E-state index < -0.39 is 0 Å². The second-order valence-corrected chi connectivity index (χ2v) is 5.17. The Hall–Kier alpha value is -3.09. The molecular formula is C17H18N4O3. The lowest BCUT2D eigenvalue weighted by Crippen LogP contribution is -2.17. The van der Waals surface area contributed by atoms with Gasteiger partial charge in [-0.15, -0.1) is 6.58 Å². The van der Waals surface area contributed by atoms with Crippen molar-refractivity contribution in [3.8, 4) is 11.5 Å². The highest BCUT2D eigenvalue weighted by Gasteiger charge is 2.15. The summed E-state index contributed by atoms with van der Waals surface area (Å²) in [6, 6.07) is 6.86. The summed E-state index contributed by atoms with van der Waals surface area (Å²) in [5, 5.41) is 5.86. The van der Waals surface area contributed by atoms with Crippen LogP contribution in [-0.4, -0.2) is 35.6 Å². The van der Waals surface area contributed by atoms with E-state index in [1.54, 1.807) is 37.3 Å². The molecule has 7 nitrogen and oxygen atoms in total. The number of fused-ring (bicyclic) bond motifs is 1. The monoisotopic (exact) mass is 326 g/mol. The number of benzene rings is 1. The Morgan fingerprint density at radius 3 is 2.83 bits per heavy atom. The topological polar surface area (TPSA) is 85.4 Å². The molecule has 124 valence electrons. The van der Waals surface area contributed by atoms with E-state index in [2.05, 4.69) is 27.2 Å². The first-order chi connectivity index (χ1) is 11.7. The molecule has 0 radical (unpaired) electrons. The highest BCUT2D eigenvalue weighted by atomic mass is 16.6. The summed E-state index contributed by atoms with van der Waals surface area (Å²) < 4.78 is 11.0. The number of aryl methyl sites for hydroxylation is 1. The van der Waals surface area contributed by atoms with Gasteiger partial charge in [-0.1, -0.05) is 6.08 Å². The van der Waals surface area contributed by atoms with Crippen LogP contribution in [-0.2, 0) is 0 Å². The molecule has 1 aromatic carbocycles. The first kappa shape index (κ1) is 15.8. The van der Waals surface area contributed by atoms with Crippen molar-refractivity contribution < 1.29 is 14.3 Å². The molecule has 0 aliphatic carbocycles. The van der Waals surface area contributed by atoms with Crippen LogP contribution in [0.5, 0.6) is 11.5 Å². The van der Waals surface area contributed by atoms with Gasteiger partial charge in [0.25, 0.3) is 5.91 Å². The van der Waals surface area contributed by atoms with Crippen molar-refractivity contribution in [1.29, 1.82) is 0 Å². The van der Waals surface area contributed by atoms with Crippen molar-refractivity contribution in [3.63, 3.8) is 0 Å². The molecule has 1 aromatic heterocycles. The average Bonchev–Trinajstić information content (AvgIpc) is 2.59. The lowest BCUT2D eigenvalue weighted by atomic mass is 10.2. The van der Waals surface area contributed by atoms with Gasteiger partial charge in [-0.2, -0.15) is 0 Å². The molecule has 7 heteroatoms. The normalized spacial score (nSPS) is 12.4. The molecular weight excluding hydrogens is 308 g/mol. The number of carbonyl (C=O) groups is 1. The number of aromatic nitrogens is 2. The fraction of sp³-hybridized carbons (Fsp3) is 0.235. The van der Waals surface area contributed by atoms with Crippen LogP contribution in [0.4, 0.5) is 11.5 Å². The van der Waals surface area contributed by atoms with Crippen LogP contribution in [0.25, 0.3) is 0 Å². The number of nitrogens with zero attached hydrogens (tertiary/aromatic N) is 2. The Bertz CT molecular complexity index is 776. The maximum atomic E-state index is 12.4. The van der Waals surface area contributed by atoms with Gasteiger partial charge in [0, 0.05) is 24.4 Å². The van der Waals surface area contributed by atoms with E-state index in [0.29, 0.717) is 48.6 Å². The molecule has 2 N–H and O–H groups in total. The third-order valence-corrected chi connectivity index (χ3v) is 3.30. The molecule has 0 saturated carbocycles. The lowest BCUT2D eigenvalue weighted by molar-refractivity contribution is 0.102. The van der Waals surface area contributed by atoms with Crippen LogP contribution in [0.1, 0.15) is 16.3 Å². The van der Waals surface area contributed by atoms with Crippen molar-refractivity contribution in [2.24, 2.45) is 0 Å². The molecule has 1 aliphatic rings. The van der Waals surface area contributed by atoms with Crippen LogP contribution < -0.4 is 20.1 Å². The molecule has 24 heavy (non-hydrogen) atoms. The maximum absolute atomic E-state index is 12.4. The van der Waals surface area contributed by atoms with Gasteiger partial charge in [-0.3, -0.25) is 4.79 Å². The summed E-state index contributed by atoms with van der Waals surface area (Å²) in [5.41, 5.74) is 0.894. The van der Waals surface area contributed by atoms with E-state index in [-0.39, 0.29) is 11.6 Å². The molecule has 1 amide bonds. The van der Waals surface area contributed by atoms with Crippen LogP contribution in [0.15, 0.2) is 36.9 Å². The van der Waals surface area contributed by atoms with Crippen LogP contribution >= 0.6 is 0 Å². The van der Waals surface area contributed by atoms with Crippen molar-refractivity contribution >= 4 is 17.4 Å². The number of anilines is 2. The summed E-state index contributed by atoms with van der Waals surface area (Å²) in [7, 11) is 0. The minimum absolute atomic E-state index is 0.281. The fourth-order valence-electron chi connectivity index (χ4n) is 2.27. The Morgan fingerprint density at radius 2 is 2.04 bits per heavy atom. The summed E-state index contributed by atoms with van der Waals surface area (Å²) in [4.78, 5) is 20.9. The standard InChI is InChI=1S/C17H18N4O3/c1-3-6-18-16-10-13(19-11(2)20-16)17(22)21-12-4-5-14-15(9-12)24-8-7-23-14/h3-5,9-10H,1,6-8H2,2H3,(H,21,22)(H,18,19,20). The lowest BCUT2D eigenvalue weighted by Gasteiger charge is -2.19. The first-order valence-corrected chi connectivity index (χ1v) is 7.57. The van der Waals surface area contributed by atoms with E-state index in [1.165, 1.54) is 0 Å². The van der Waals surface area contributed by atoms with E-state index in [0.717, 1.165) is 0 Å². The van der Waals surface area contributed by atoms with Gasteiger partial charge >= 0.3 is 0 Å². The van der Waals surface area contributed by atoms with Gasteiger partial charge in [0.1, 0.15) is 30.5 Å². The number of ether oxygens (including phenoxy) is 2. The zero-order chi connectivity index (χ0) is 16.9. The third-order valence-electron chi connectivity index (χ3n) is 3.30. The quantitative estimate of drug-likeness (QED) is 0.821. The van der Waals surface area contributed by atoms with E-state index >= 15 is 0 Å². The van der Waals surface area contributed by atoms with Crippen molar-refractivity contribution in [1.82, 2.24) is 9.97 Å². The number of hydrogen-bond donors (Lipinski definition) is 2. The van der Waals surface area contributed by atoms with Gasteiger partial charge < -0.3 is 20.1 Å². The summed E-state index contributed by atoms with van der Waals surface area (Å²) in [5.74, 6) is 2.06. The molecule has 0 fully saturated rings. The molecule has 2 heterocycles. The number of carbonyl (C=O) groups excluding carboxylic acids is 1. The molecule has 0 bridgehead atoms. The molecule has 3 rings (SSSR count). The van der Waals surface area contributed by atoms with Gasteiger partial charge in [0.15, 0.2) is 11.5 Å². The third kappa shape index (κ3) is 3.62. The molecule has 0 unspecified atom stereocenters. The number of nitrogens with one attached hydrogen (secondary N) is 2. The fourth-order valence-corrected chi connectivity index (χ4v) is 2.27. The Kier molecular flexibility index (Phi) is 4.60. The van der Waals surface area contributed by atoms with E-state index in [9.17, 15) is 4.79 Å². The Balaban J connectivity index is 1.77. The predicted molar refractivity (Wildman–Crippen MR) is 90.8 cm³/mol. The van der Waals surface area contributed by atoms with Gasteiger partial charge in [0.05, 0.1) is 0 Å². The Morgan fingerprint density at radius 1 is 1.25 bits per heavy atom. The van der Waals surface area contributed by atoms with Crippen molar-refractivity contribution in [2.75, 3.05) is 30.4 Å². The van der Waals surface area contributed by atoms with Gasteiger partial charge in [-0.25, -0.2) is 9.97 Å². The van der Waals surface area contributed by atoms with Crippen LogP contribution in [0.3, 0.4) is 0 Å². The maximum Gasteiger partial charge on any atom is 0.274 e. The highest BCUT2D eigenvalue weighted by Crippen LogP contribution is 2.32. The van der Waals surface area contributed by atoms with Crippen molar-refractivity contribution in [3.05, 3.63) is 48.4 Å². The minimum atomic E-state index is -0.321. The number of hydrogen-bond acceptors (Lipinski definition) is 6. The summed E-state index contributed by atoms with van der Waals surface area (Å²) in [6.07, 6.45) is 1.71. The Labute approximate surface area is 139 Å².